The second-order valence-corrected chi connectivity index (χ2v) is 7.44. The van der Waals surface area contributed by atoms with Crippen LogP contribution in [0.5, 0.6) is 0 Å². The van der Waals surface area contributed by atoms with E-state index in [9.17, 15) is 0 Å². The van der Waals surface area contributed by atoms with Crippen LogP contribution in [0.3, 0.4) is 0 Å². The minimum absolute atomic E-state index is 0.291. The molecule has 2 nitrogen and oxygen atoms in total. The molecule has 1 aliphatic rings. The van der Waals surface area contributed by atoms with Crippen LogP contribution in [0.15, 0.2) is 33.7 Å². The first-order valence-electron chi connectivity index (χ1n) is 7.37. The van der Waals surface area contributed by atoms with Crippen LogP contribution >= 0.6 is 27.7 Å². The van der Waals surface area contributed by atoms with Crippen LogP contribution in [-0.4, -0.2) is 17.0 Å². The van der Waals surface area contributed by atoms with Gasteiger partial charge in [0, 0.05) is 9.72 Å². The maximum atomic E-state index is 4.68. The molecule has 2 unspecified atom stereocenters. The fraction of sp³-hybridized carbons (Fsp3) is 0.562. The molecule has 110 valence electrons. The number of nitrogens with one attached hydrogen (secondary N) is 1. The molecule has 0 amide bonds. The van der Waals surface area contributed by atoms with Gasteiger partial charge in [-0.1, -0.05) is 66.5 Å². The number of thioether (sulfide) groups is 1. The SMILES string of the molecule is CCC(CC)C1CN=C(NC(C)c2cccc(Br)c2)S1. The maximum absolute atomic E-state index is 4.68. The third-order valence-electron chi connectivity index (χ3n) is 3.94. The lowest BCUT2D eigenvalue weighted by Crippen LogP contribution is -2.24. The van der Waals surface area contributed by atoms with E-state index in [1.54, 1.807) is 0 Å². The molecule has 4 heteroatoms. The first kappa shape index (κ1) is 15.9. The van der Waals surface area contributed by atoms with Gasteiger partial charge in [-0.05, 0) is 30.5 Å². The normalized spacial score (nSPS) is 20.1. The predicted octanol–water partition coefficient (Wildman–Crippen LogP) is 5.01. The van der Waals surface area contributed by atoms with Crippen molar-refractivity contribution in [3.8, 4) is 0 Å². The molecular weight excluding hydrogens is 332 g/mol. The van der Waals surface area contributed by atoms with Crippen molar-refractivity contribution in [1.82, 2.24) is 5.32 Å². The minimum atomic E-state index is 0.291. The Bertz CT molecular complexity index is 471. The molecule has 0 saturated heterocycles. The molecule has 2 atom stereocenters. The van der Waals surface area contributed by atoms with Crippen molar-refractivity contribution in [2.24, 2.45) is 10.9 Å². The first-order valence-corrected chi connectivity index (χ1v) is 9.04. The van der Waals surface area contributed by atoms with E-state index in [0.717, 1.165) is 22.1 Å². The molecule has 0 aliphatic carbocycles. The molecule has 1 aromatic rings. The van der Waals surface area contributed by atoms with Crippen LogP contribution in [0, 0.1) is 5.92 Å². The van der Waals surface area contributed by atoms with Gasteiger partial charge in [0.1, 0.15) is 0 Å². The van der Waals surface area contributed by atoms with Gasteiger partial charge in [-0.25, -0.2) is 0 Å². The zero-order chi connectivity index (χ0) is 14.5. The lowest BCUT2D eigenvalue weighted by Gasteiger charge is -2.20. The number of nitrogens with zero attached hydrogens (tertiary/aromatic N) is 1. The summed E-state index contributed by atoms with van der Waals surface area (Å²) in [5.41, 5.74) is 1.29. The Hall–Kier alpha value is -0.480. The summed E-state index contributed by atoms with van der Waals surface area (Å²) in [6.07, 6.45) is 2.50. The summed E-state index contributed by atoms with van der Waals surface area (Å²) in [5, 5.41) is 5.31. The quantitative estimate of drug-likeness (QED) is 0.803. The molecule has 0 aromatic heterocycles. The molecule has 20 heavy (non-hydrogen) atoms. The van der Waals surface area contributed by atoms with Crippen molar-refractivity contribution in [2.45, 2.75) is 44.9 Å². The summed E-state index contributed by atoms with van der Waals surface area (Å²) in [6, 6.07) is 8.74. The lowest BCUT2D eigenvalue weighted by molar-refractivity contribution is 0.479. The van der Waals surface area contributed by atoms with E-state index >= 15 is 0 Å². The number of rotatable bonds is 5. The topological polar surface area (TPSA) is 24.4 Å². The Kier molecular flexibility index (Phi) is 5.97. The molecule has 1 N–H and O–H groups in total. The summed E-state index contributed by atoms with van der Waals surface area (Å²) in [6.45, 7) is 7.72. The van der Waals surface area contributed by atoms with Gasteiger partial charge in [0.2, 0.25) is 0 Å². The molecule has 2 rings (SSSR count). The van der Waals surface area contributed by atoms with E-state index in [-0.39, 0.29) is 0 Å². The molecule has 0 saturated carbocycles. The molecule has 0 fully saturated rings. The average Bonchev–Trinajstić information content (AvgIpc) is 2.88. The lowest BCUT2D eigenvalue weighted by atomic mass is 9.99. The van der Waals surface area contributed by atoms with Crippen molar-refractivity contribution in [3.05, 3.63) is 34.3 Å². The van der Waals surface area contributed by atoms with Gasteiger partial charge in [0.05, 0.1) is 12.6 Å². The van der Waals surface area contributed by atoms with Crippen molar-refractivity contribution in [3.63, 3.8) is 0 Å². The van der Waals surface area contributed by atoms with Crippen LogP contribution < -0.4 is 5.32 Å². The van der Waals surface area contributed by atoms with E-state index < -0.39 is 0 Å². The van der Waals surface area contributed by atoms with Crippen molar-refractivity contribution < 1.29 is 0 Å². The van der Waals surface area contributed by atoms with Crippen molar-refractivity contribution in [2.75, 3.05) is 6.54 Å². The fourth-order valence-corrected chi connectivity index (χ4v) is 4.40. The Morgan fingerprint density at radius 1 is 1.40 bits per heavy atom. The van der Waals surface area contributed by atoms with Crippen LogP contribution in [0.1, 0.15) is 45.2 Å². The third kappa shape index (κ3) is 4.01. The Morgan fingerprint density at radius 3 is 2.80 bits per heavy atom. The third-order valence-corrected chi connectivity index (χ3v) is 5.74. The van der Waals surface area contributed by atoms with Crippen LogP contribution in [-0.2, 0) is 0 Å². The number of benzene rings is 1. The standard InChI is InChI=1S/C16H23BrN2S/c1-4-12(5-2)15-10-18-16(20-15)19-11(3)13-7-6-8-14(17)9-13/h6-9,11-12,15H,4-5,10H2,1-3H3,(H,18,19). The average molecular weight is 355 g/mol. The van der Waals surface area contributed by atoms with Crippen molar-refractivity contribution >= 4 is 32.9 Å². The van der Waals surface area contributed by atoms with Gasteiger partial charge in [-0.2, -0.15) is 0 Å². The van der Waals surface area contributed by atoms with Crippen molar-refractivity contribution in [1.29, 1.82) is 0 Å². The van der Waals surface area contributed by atoms with E-state index in [0.29, 0.717) is 11.3 Å². The summed E-state index contributed by atoms with van der Waals surface area (Å²) in [5.74, 6) is 0.782. The number of halogens is 1. The fourth-order valence-electron chi connectivity index (χ4n) is 2.57. The first-order chi connectivity index (χ1) is 9.63. The maximum Gasteiger partial charge on any atom is 0.157 e. The highest BCUT2D eigenvalue weighted by atomic mass is 79.9. The predicted molar refractivity (Wildman–Crippen MR) is 93.4 cm³/mol. The minimum Gasteiger partial charge on any atom is -0.358 e. The highest BCUT2D eigenvalue weighted by Crippen LogP contribution is 2.31. The highest BCUT2D eigenvalue weighted by molar-refractivity contribution is 9.10. The number of amidine groups is 1. The Morgan fingerprint density at radius 2 is 2.15 bits per heavy atom. The highest BCUT2D eigenvalue weighted by Gasteiger charge is 2.26. The van der Waals surface area contributed by atoms with E-state index in [4.69, 9.17) is 0 Å². The summed E-state index contributed by atoms with van der Waals surface area (Å²) in [4.78, 5) is 4.68. The zero-order valence-corrected chi connectivity index (χ0v) is 14.8. The summed E-state index contributed by atoms with van der Waals surface area (Å²) < 4.78 is 1.12. The molecule has 0 bridgehead atoms. The van der Waals surface area contributed by atoms with Gasteiger partial charge < -0.3 is 5.32 Å². The summed E-state index contributed by atoms with van der Waals surface area (Å²) in [7, 11) is 0. The monoisotopic (exact) mass is 354 g/mol. The largest absolute Gasteiger partial charge is 0.358 e. The Labute approximate surface area is 135 Å². The van der Waals surface area contributed by atoms with Gasteiger partial charge >= 0.3 is 0 Å². The van der Waals surface area contributed by atoms with Crippen LogP contribution in [0.25, 0.3) is 0 Å². The summed E-state index contributed by atoms with van der Waals surface area (Å²) >= 11 is 5.45. The molecular formula is C16H23BrN2S. The Balaban J connectivity index is 1.92. The second kappa shape index (κ2) is 7.51. The smallest absolute Gasteiger partial charge is 0.157 e. The van der Waals surface area contributed by atoms with E-state index in [1.165, 1.54) is 18.4 Å². The van der Waals surface area contributed by atoms with E-state index in [1.807, 2.05) is 11.8 Å². The molecule has 1 aromatic carbocycles. The van der Waals surface area contributed by atoms with E-state index in [2.05, 4.69) is 71.3 Å². The van der Waals surface area contributed by atoms with Crippen LogP contribution in [0.4, 0.5) is 0 Å². The van der Waals surface area contributed by atoms with Gasteiger partial charge in [-0.15, -0.1) is 0 Å². The number of aliphatic imine (C=N–C) groups is 1. The molecule has 0 radical (unpaired) electrons. The second-order valence-electron chi connectivity index (χ2n) is 5.30. The van der Waals surface area contributed by atoms with Gasteiger partial charge in [0.15, 0.2) is 5.17 Å². The van der Waals surface area contributed by atoms with Gasteiger partial charge in [0.25, 0.3) is 0 Å². The van der Waals surface area contributed by atoms with Crippen LogP contribution in [0.2, 0.25) is 0 Å². The number of hydrogen-bond donors (Lipinski definition) is 1. The number of hydrogen-bond acceptors (Lipinski definition) is 3. The molecule has 1 aliphatic heterocycles. The zero-order valence-electron chi connectivity index (χ0n) is 12.4. The van der Waals surface area contributed by atoms with Gasteiger partial charge in [-0.3, -0.25) is 4.99 Å². The molecule has 0 spiro atoms. The molecule has 1 heterocycles.